The molecule has 1 saturated heterocycles. The number of aliphatic hydroxyl groups excluding tert-OH is 1. The molecule has 0 aromatic carbocycles. The van der Waals surface area contributed by atoms with E-state index in [1.807, 2.05) is 30.0 Å². The van der Waals surface area contributed by atoms with Gasteiger partial charge >= 0.3 is 0 Å². The Kier molecular flexibility index (Phi) is 5.53. The van der Waals surface area contributed by atoms with E-state index in [0.717, 1.165) is 38.0 Å². The van der Waals surface area contributed by atoms with Gasteiger partial charge in [-0.25, -0.2) is 0 Å². The number of rotatable bonds is 5. The molecule has 110 valence electrons. The third-order valence-electron chi connectivity index (χ3n) is 4.18. The van der Waals surface area contributed by atoms with E-state index in [1.165, 1.54) is 0 Å². The molecule has 1 N–H and O–H groups in total. The molecule has 0 saturated carbocycles. The zero-order chi connectivity index (χ0) is 14.4. The number of pyridine rings is 1. The normalized spacial score (nSPS) is 18.0. The molecular weight excluding hydrogens is 252 g/mol. The molecule has 20 heavy (non-hydrogen) atoms. The summed E-state index contributed by atoms with van der Waals surface area (Å²) in [6.45, 7) is 3.57. The van der Waals surface area contributed by atoms with Gasteiger partial charge < -0.3 is 10.0 Å². The van der Waals surface area contributed by atoms with Gasteiger partial charge in [-0.05, 0) is 43.7 Å². The number of carbonyl (C=O) groups is 1. The van der Waals surface area contributed by atoms with Gasteiger partial charge in [0.05, 0.1) is 6.10 Å². The van der Waals surface area contributed by atoms with Crippen molar-refractivity contribution < 1.29 is 9.90 Å². The Morgan fingerprint density at radius 3 is 2.80 bits per heavy atom. The number of aryl methyl sites for hydroxylation is 1. The average Bonchev–Trinajstić information content (AvgIpc) is 2.53. The van der Waals surface area contributed by atoms with Crippen LogP contribution in [0, 0.1) is 5.92 Å². The van der Waals surface area contributed by atoms with Gasteiger partial charge in [-0.3, -0.25) is 9.78 Å². The van der Waals surface area contributed by atoms with Crippen LogP contribution < -0.4 is 0 Å². The molecule has 1 aliphatic rings. The molecule has 1 atom stereocenters. The van der Waals surface area contributed by atoms with Gasteiger partial charge in [-0.15, -0.1) is 0 Å². The van der Waals surface area contributed by atoms with Crippen molar-refractivity contribution in [3.63, 3.8) is 0 Å². The average molecular weight is 276 g/mol. The van der Waals surface area contributed by atoms with E-state index in [2.05, 4.69) is 4.98 Å². The SMILES string of the molecule is CCC(O)C1CCN(C(=O)CCc2ccccn2)CC1. The maximum atomic E-state index is 12.2. The zero-order valence-corrected chi connectivity index (χ0v) is 12.2. The second kappa shape index (κ2) is 7.39. The zero-order valence-electron chi connectivity index (χ0n) is 12.2. The minimum atomic E-state index is -0.208. The molecule has 1 amide bonds. The monoisotopic (exact) mass is 276 g/mol. The number of hydrogen-bond donors (Lipinski definition) is 1. The van der Waals surface area contributed by atoms with Crippen LogP contribution in [0.5, 0.6) is 0 Å². The maximum Gasteiger partial charge on any atom is 0.222 e. The van der Waals surface area contributed by atoms with Gasteiger partial charge in [-0.2, -0.15) is 0 Å². The van der Waals surface area contributed by atoms with Crippen molar-refractivity contribution in [3.05, 3.63) is 30.1 Å². The van der Waals surface area contributed by atoms with Gasteiger partial charge in [0.15, 0.2) is 0 Å². The van der Waals surface area contributed by atoms with E-state index in [9.17, 15) is 9.90 Å². The Bertz CT molecular complexity index is 414. The van der Waals surface area contributed by atoms with Gasteiger partial charge in [0.25, 0.3) is 0 Å². The van der Waals surface area contributed by atoms with Crippen LogP contribution in [0.15, 0.2) is 24.4 Å². The van der Waals surface area contributed by atoms with Gasteiger partial charge in [0.1, 0.15) is 0 Å². The number of carbonyl (C=O) groups excluding carboxylic acids is 1. The van der Waals surface area contributed by atoms with Crippen LogP contribution in [-0.4, -0.2) is 40.1 Å². The van der Waals surface area contributed by atoms with Crippen molar-refractivity contribution in [2.75, 3.05) is 13.1 Å². The summed E-state index contributed by atoms with van der Waals surface area (Å²) in [6, 6.07) is 5.79. The molecule has 0 aliphatic carbocycles. The lowest BCUT2D eigenvalue weighted by Gasteiger charge is -2.34. The van der Waals surface area contributed by atoms with E-state index in [1.54, 1.807) is 6.20 Å². The Balaban J connectivity index is 1.75. The first-order chi connectivity index (χ1) is 9.70. The Hall–Kier alpha value is -1.42. The highest BCUT2D eigenvalue weighted by Gasteiger charge is 2.26. The van der Waals surface area contributed by atoms with E-state index in [0.29, 0.717) is 18.8 Å². The van der Waals surface area contributed by atoms with Crippen LogP contribution in [0.3, 0.4) is 0 Å². The Labute approximate surface area is 120 Å². The first-order valence-electron chi connectivity index (χ1n) is 7.56. The van der Waals surface area contributed by atoms with Crippen LogP contribution in [0.25, 0.3) is 0 Å². The summed E-state index contributed by atoms with van der Waals surface area (Å²) in [5.41, 5.74) is 0.970. The predicted molar refractivity (Wildman–Crippen MR) is 78.2 cm³/mol. The van der Waals surface area contributed by atoms with Crippen molar-refractivity contribution in [2.45, 2.75) is 45.1 Å². The highest BCUT2D eigenvalue weighted by molar-refractivity contribution is 5.76. The lowest BCUT2D eigenvalue weighted by Crippen LogP contribution is -2.41. The smallest absolute Gasteiger partial charge is 0.222 e. The number of hydrogen-bond acceptors (Lipinski definition) is 3. The first-order valence-corrected chi connectivity index (χ1v) is 7.56. The molecule has 1 aliphatic heterocycles. The minimum Gasteiger partial charge on any atom is -0.393 e. The van der Waals surface area contributed by atoms with Crippen LogP contribution in [0.4, 0.5) is 0 Å². The van der Waals surface area contributed by atoms with Crippen LogP contribution in [-0.2, 0) is 11.2 Å². The summed E-state index contributed by atoms with van der Waals surface area (Å²) in [6.07, 6.45) is 5.43. The molecule has 0 bridgehead atoms. The number of aliphatic hydroxyl groups is 1. The van der Waals surface area contributed by atoms with Gasteiger partial charge in [-0.1, -0.05) is 13.0 Å². The molecule has 1 fully saturated rings. The topological polar surface area (TPSA) is 53.4 Å². The van der Waals surface area contributed by atoms with E-state index < -0.39 is 0 Å². The molecule has 4 heteroatoms. The molecule has 1 aromatic rings. The van der Waals surface area contributed by atoms with Crippen molar-refractivity contribution in [3.8, 4) is 0 Å². The molecule has 2 rings (SSSR count). The summed E-state index contributed by atoms with van der Waals surface area (Å²) in [4.78, 5) is 18.3. The van der Waals surface area contributed by atoms with Crippen molar-refractivity contribution in [1.82, 2.24) is 9.88 Å². The highest BCUT2D eigenvalue weighted by Crippen LogP contribution is 2.22. The number of nitrogens with zero attached hydrogens (tertiary/aromatic N) is 2. The van der Waals surface area contributed by atoms with Crippen LogP contribution in [0.1, 0.15) is 38.3 Å². The third-order valence-corrected chi connectivity index (χ3v) is 4.18. The van der Waals surface area contributed by atoms with Crippen molar-refractivity contribution in [2.24, 2.45) is 5.92 Å². The molecule has 0 radical (unpaired) electrons. The fraction of sp³-hybridized carbons (Fsp3) is 0.625. The quantitative estimate of drug-likeness (QED) is 0.895. The van der Waals surface area contributed by atoms with Crippen LogP contribution >= 0.6 is 0 Å². The molecule has 1 unspecified atom stereocenters. The van der Waals surface area contributed by atoms with Crippen LogP contribution in [0.2, 0.25) is 0 Å². The van der Waals surface area contributed by atoms with Gasteiger partial charge in [0.2, 0.25) is 5.91 Å². The lowest BCUT2D eigenvalue weighted by molar-refractivity contribution is -0.133. The van der Waals surface area contributed by atoms with Crippen molar-refractivity contribution >= 4 is 5.91 Å². The highest BCUT2D eigenvalue weighted by atomic mass is 16.3. The molecular formula is C16H24N2O2. The van der Waals surface area contributed by atoms with E-state index in [4.69, 9.17) is 0 Å². The maximum absolute atomic E-state index is 12.2. The lowest BCUT2D eigenvalue weighted by atomic mass is 9.90. The summed E-state index contributed by atoms with van der Waals surface area (Å²) in [7, 11) is 0. The number of amides is 1. The van der Waals surface area contributed by atoms with Crippen molar-refractivity contribution in [1.29, 1.82) is 0 Å². The number of aromatic nitrogens is 1. The Morgan fingerprint density at radius 1 is 1.45 bits per heavy atom. The number of likely N-dealkylation sites (tertiary alicyclic amines) is 1. The standard InChI is InChI=1S/C16H24N2O2/c1-2-15(19)13-8-11-18(12-9-13)16(20)7-6-14-5-3-4-10-17-14/h3-5,10,13,15,19H,2,6-9,11-12H2,1H3. The van der Waals surface area contributed by atoms with E-state index >= 15 is 0 Å². The summed E-state index contributed by atoms with van der Waals surface area (Å²) in [5, 5.41) is 9.85. The molecule has 2 heterocycles. The van der Waals surface area contributed by atoms with E-state index in [-0.39, 0.29) is 12.0 Å². The molecule has 1 aromatic heterocycles. The first kappa shape index (κ1) is 15.0. The fourth-order valence-corrected chi connectivity index (χ4v) is 2.81. The molecule has 4 nitrogen and oxygen atoms in total. The largest absolute Gasteiger partial charge is 0.393 e. The Morgan fingerprint density at radius 2 is 2.20 bits per heavy atom. The minimum absolute atomic E-state index is 0.208. The predicted octanol–water partition coefficient (Wildman–Crippen LogP) is 2.02. The van der Waals surface area contributed by atoms with Gasteiger partial charge in [0, 0.05) is 31.4 Å². The second-order valence-electron chi connectivity index (χ2n) is 5.51. The third kappa shape index (κ3) is 4.04. The number of piperidine rings is 1. The summed E-state index contributed by atoms with van der Waals surface area (Å²) >= 11 is 0. The summed E-state index contributed by atoms with van der Waals surface area (Å²) in [5.74, 6) is 0.569. The summed E-state index contributed by atoms with van der Waals surface area (Å²) < 4.78 is 0. The second-order valence-corrected chi connectivity index (χ2v) is 5.51. The fourth-order valence-electron chi connectivity index (χ4n) is 2.81. The molecule has 0 spiro atoms.